The van der Waals surface area contributed by atoms with Gasteiger partial charge in [0.15, 0.2) is 0 Å². The Morgan fingerprint density at radius 1 is 1.50 bits per heavy atom. The van der Waals surface area contributed by atoms with Gasteiger partial charge in [-0.1, -0.05) is 6.92 Å². The average molecular weight is 112 g/mol. The molecule has 0 bridgehead atoms. The monoisotopic (exact) mass is 112 g/mol. The molecule has 0 aromatic rings. The highest BCUT2D eigenvalue weighted by Crippen LogP contribution is 2.50. The van der Waals surface area contributed by atoms with Crippen molar-refractivity contribution < 1.29 is 4.74 Å². The van der Waals surface area contributed by atoms with E-state index in [-0.39, 0.29) is 0 Å². The van der Waals surface area contributed by atoms with Gasteiger partial charge in [0.2, 0.25) is 0 Å². The van der Waals surface area contributed by atoms with Crippen LogP contribution in [0.25, 0.3) is 0 Å². The van der Waals surface area contributed by atoms with Crippen molar-refractivity contribution in [3.63, 3.8) is 0 Å². The van der Waals surface area contributed by atoms with Crippen LogP contribution in [0.1, 0.15) is 26.2 Å². The molecule has 46 valence electrons. The molecule has 1 spiro atoms. The first-order chi connectivity index (χ1) is 3.83. The molecule has 0 amide bonds. The summed E-state index contributed by atoms with van der Waals surface area (Å²) in [6.07, 6.45) is 3.95. The van der Waals surface area contributed by atoms with E-state index >= 15 is 0 Å². The van der Waals surface area contributed by atoms with Crippen molar-refractivity contribution in [1.82, 2.24) is 0 Å². The lowest BCUT2D eigenvalue weighted by Gasteiger charge is -2.09. The van der Waals surface area contributed by atoms with Gasteiger partial charge in [0.25, 0.3) is 0 Å². The van der Waals surface area contributed by atoms with Gasteiger partial charge >= 0.3 is 0 Å². The maximum absolute atomic E-state index is 5.56. The first-order valence-electron chi connectivity index (χ1n) is 3.47. The SMILES string of the molecule is C[C@@H]1CCOC12CC2. The molecule has 1 nitrogen and oxygen atoms in total. The molecule has 1 saturated heterocycles. The second-order valence-electron chi connectivity index (χ2n) is 3.10. The van der Waals surface area contributed by atoms with E-state index in [0.29, 0.717) is 5.60 Å². The van der Waals surface area contributed by atoms with Crippen molar-refractivity contribution in [3.8, 4) is 0 Å². The number of hydrogen-bond acceptors (Lipinski definition) is 1. The summed E-state index contributed by atoms with van der Waals surface area (Å²) >= 11 is 0. The van der Waals surface area contributed by atoms with Gasteiger partial charge in [0.05, 0.1) is 5.60 Å². The summed E-state index contributed by atoms with van der Waals surface area (Å²) in [5.41, 5.74) is 0.403. The van der Waals surface area contributed by atoms with Crippen molar-refractivity contribution in [2.24, 2.45) is 5.92 Å². The predicted molar refractivity (Wildman–Crippen MR) is 31.7 cm³/mol. The van der Waals surface area contributed by atoms with Gasteiger partial charge in [-0.3, -0.25) is 0 Å². The maximum atomic E-state index is 5.56. The Labute approximate surface area is 50.0 Å². The molecule has 0 N–H and O–H groups in total. The van der Waals surface area contributed by atoms with Gasteiger partial charge < -0.3 is 4.74 Å². The molecule has 2 fully saturated rings. The van der Waals surface area contributed by atoms with Crippen LogP contribution in [0.5, 0.6) is 0 Å². The molecule has 1 aliphatic carbocycles. The maximum Gasteiger partial charge on any atom is 0.0710 e. The highest BCUT2D eigenvalue weighted by atomic mass is 16.5. The van der Waals surface area contributed by atoms with Gasteiger partial charge in [-0.25, -0.2) is 0 Å². The fourth-order valence-corrected chi connectivity index (χ4v) is 1.60. The van der Waals surface area contributed by atoms with E-state index in [0.717, 1.165) is 12.5 Å². The molecule has 1 saturated carbocycles. The minimum atomic E-state index is 0.403. The Kier molecular flexibility index (Phi) is 0.762. The lowest BCUT2D eigenvalue weighted by Crippen LogP contribution is -2.13. The summed E-state index contributed by atoms with van der Waals surface area (Å²) < 4.78 is 5.56. The number of ether oxygens (including phenoxy) is 1. The van der Waals surface area contributed by atoms with Crippen LogP contribution < -0.4 is 0 Å². The summed E-state index contributed by atoms with van der Waals surface area (Å²) in [7, 11) is 0. The summed E-state index contributed by atoms with van der Waals surface area (Å²) in [5.74, 6) is 0.850. The van der Waals surface area contributed by atoms with Crippen molar-refractivity contribution in [1.29, 1.82) is 0 Å². The minimum Gasteiger partial charge on any atom is -0.375 e. The fourth-order valence-electron chi connectivity index (χ4n) is 1.60. The molecule has 2 aliphatic rings. The van der Waals surface area contributed by atoms with Crippen LogP contribution in [0.15, 0.2) is 0 Å². The van der Waals surface area contributed by atoms with E-state index in [9.17, 15) is 0 Å². The van der Waals surface area contributed by atoms with E-state index in [4.69, 9.17) is 4.74 Å². The van der Waals surface area contributed by atoms with Crippen LogP contribution in [0, 0.1) is 5.92 Å². The van der Waals surface area contributed by atoms with E-state index in [1.807, 2.05) is 0 Å². The molecule has 1 heteroatoms. The first-order valence-corrected chi connectivity index (χ1v) is 3.47. The highest BCUT2D eigenvalue weighted by Gasteiger charge is 2.51. The first kappa shape index (κ1) is 4.80. The van der Waals surface area contributed by atoms with E-state index in [1.54, 1.807) is 0 Å². The largest absolute Gasteiger partial charge is 0.375 e. The predicted octanol–water partition coefficient (Wildman–Crippen LogP) is 1.58. The van der Waals surface area contributed by atoms with E-state index in [1.165, 1.54) is 19.3 Å². The average Bonchev–Trinajstić information content (AvgIpc) is 2.39. The fraction of sp³-hybridized carbons (Fsp3) is 1.00. The second-order valence-corrected chi connectivity index (χ2v) is 3.10. The Bertz CT molecular complexity index is 105. The quantitative estimate of drug-likeness (QED) is 0.462. The summed E-state index contributed by atoms with van der Waals surface area (Å²) in [6, 6.07) is 0. The molecule has 1 aliphatic heterocycles. The van der Waals surface area contributed by atoms with Crippen LogP contribution in [-0.4, -0.2) is 12.2 Å². The second kappa shape index (κ2) is 1.27. The third-order valence-electron chi connectivity index (χ3n) is 2.58. The topological polar surface area (TPSA) is 9.23 Å². The number of hydrogen-bond donors (Lipinski definition) is 0. The Balaban J connectivity index is 2.12. The summed E-state index contributed by atoms with van der Waals surface area (Å²) in [6.45, 7) is 3.32. The van der Waals surface area contributed by atoms with Crippen LogP contribution in [0.4, 0.5) is 0 Å². The smallest absolute Gasteiger partial charge is 0.0710 e. The number of rotatable bonds is 0. The van der Waals surface area contributed by atoms with Crippen LogP contribution >= 0.6 is 0 Å². The van der Waals surface area contributed by atoms with Crippen LogP contribution in [-0.2, 0) is 4.74 Å². The highest BCUT2D eigenvalue weighted by molar-refractivity contribution is 5.02. The van der Waals surface area contributed by atoms with E-state index in [2.05, 4.69) is 6.92 Å². The molecule has 2 rings (SSSR count). The Hall–Kier alpha value is -0.0400. The van der Waals surface area contributed by atoms with Crippen LogP contribution in [0.3, 0.4) is 0 Å². The summed E-state index contributed by atoms with van der Waals surface area (Å²) in [5, 5.41) is 0. The van der Waals surface area contributed by atoms with Crippen molar-refractivity contribution >= 4 is 0 Å². The Morgan fingerprint density at radius 2 is 2.25 bits per heavy atom. The third kappa shape index (κ3) is 0.455. The van der Waals surface area contributed by atoms with Gasteiger partial charge in [0.1, 0.15) is 0 Å². The molecule has 1 heterocycles. The molecule has 1 atom stereocenters. The third-order valence-corrected chi connectivity index (χ3v) is 2.58. The zero-order chi connectivity index (χ0) is 5.61. The van der Waals surface area contributed by atoms with Gasteiger partial charge in [0, 0.05) is 6.61 Å². The molecule has 0 radical (unpaired) electrons. The zero-order valence-electron chi connectivity index (χ0n) is 5.31. The standard InChI is InChI=1S/C7H12O/c1-6-2-5-8-7(6)3-4-7/h6H,2-5H2,1H3/t6-/m1/s1. The zero-order valence-corrected chi connectivity index (χ0v) is 5.31. The lowest BCUT2D eigenvalue weighted by atomic mass is 10.0. The van der Waals surface area contributed by atoms with Crippen molar-refractivity contribution in [2.75, 3.05) is 6.61 Å². The summed E-state index contributed by atoms with van der Waals surface area (Å²) in [4.78, 5) is 0. The molecular formula is C7H12O. The van der Waals surface area contributed by atoms with Gasteiger partial charge in [-0.2, -0.15) is 0 Å². The molecular weight excluding hydrogens is 100 g/mol. The van der Waals surface area contributed by atoms with Crippen LogP contribution in [0.2, 0.25) is 0 Å². The molecule has 0 aromatic heterocycles. The Morgan fingerprint density at radius 3 is 2.50 bits per heavy atom. The molecule has 0 aromatic carbocycles. The molecule has 0 unspecified atom stereocenters. The van der Waals surface area contributed by atoms with Gasteiger partial charge in [-0.05, 0) is 25.2 Å². The molecule has 8 heavy (non-hydrogen) atoms. The lowest BCUT2D eigenvalue weighted by molar-refractivity contribution is 0.0722. The van der Waals surface area contributed by atoms with E-state index < -0.39 is 0 Å². The van der Waals surface area contributed by atoms with Crippen molar-refractivity contribution in [3.05, 3.63) is 0 Å². The normalized spacial score (nSPS) is 40.9. The minimum absolute atomic E-state index is 0.403. The van der Waals surface area contributed by atoms with Crippen molar-refractivity contribution in [2.45, 2.75) is 31.8 Å². The van der Waals surface area contributed by atoms with Gasteiger partial charge in [-0.15, -0.1) is 0 Å².